The van der Waals surface area contributed by atoms with Gasteiger partial charge in [0.2, 0.25) is 0 Å². The number of carbonyl (C=O) groups is 1. The molecule has 2 heterocycles. The highest BCUT2D eigenvalue weighted by Crippen LogP contribution is 2.30. The molecule has 0 bridgehead atoms. The maximum Gasteiger partial charge on any atom is 0.358 e. The van der Waals surface area contributed by atoms with Crippen molar-refractivity contribution in [2.24, 2.45) is 0 Å². The van der Waals surface area contributed by atoms with Gasteiger partial charge in [-0.05, 0) is 23.3 Å². The van der Waals surface area contributed by atoms with Crippen LogP contribution in [0.25, 0.3) is 22.3 Å². The molecule has 0 unspecified atom stereocenters. The first kappa shape index (κ1) is 19.1. The van der Waals surface area contributed by atoms with Gasteiger partial charge in [-0.2, -0.15) is 0 Å². The number of aromatic nitrogens is 1. The van der Waals surface area contributed by atoms with Gasteiger partial charge in [-0.3, -0.25) is 0 Å². The highest BCUT2D eigenvalue weighted by Gasteiger charge is 2.21. The van der Waals surface area contributed by atoms with Crippen LogP contribution in [0.3, 0.4) is 0 Å². The Morgan fingerprint density at radius 2 is 1.72 bits per heavy atom. The van der Waals surface area contributed by atoms with Gasteiger partial charge in [-0.15, -0.1) is 0 Å². The van der Waals surface area contributed by atoms with Crippen molar-refractivity contribution in [3.63, 3.8) is 0 Å². The monoisotopic (exact) mass is 391 g/mol. The van der Waals surface area contributed by atoms with Crippen LogP contribution in [0.15, 0.2) is 60.8 Å². The summed E-state index contributed by atoms with van der Waals surface area (Å²) in [6.07, 6.45) is 1.68. The smallest absolute Gasteiger partial charge is 0.358 e. The van der Waals surface area contributed by atoms with Crippen molar-refractivity contribution in [2.45, 2.75) is 0 Å². The van der Waals surface area contributed by atoms with E-state index in [0.717, 1.165) is 48.6 Å². The van der Waals surface area contributed by atoms with Crippen molar-refractivity contribution in [3.8, 4) is 22.3 Å². The van der Waals surface area contributed by atoms with Gasteiger partial charge in [-0.1, -0.05) is 42.5 Å². The molecular weight excluding hydrogens is 369 g/mol. The number of rotatable bonds is 4. The zero-order valence-corrected chi connectivity index (χ0v) is 16.2. The summed E-state index contributed by atoms with van der Waals surface area (Å²) in [7, 11) is 1.36. The lowest BCUT2D eigenvalue weighted by molar-refractivity contribution is 0.0595. The molecule has 0 atom stereocenters. The number of anilines is 1. The number of hydrogen-bond acceptors (Lipinski definition) is 5. The van der Waals surface area contributed by atoms with Crippen molar-refractivity contribution < 1.29 is 13.9 Å². The van der Waals surface area contributed by atoms with E-state index in [1.165, 1.54) is 13.2 Å². The standard InChI is InChI=1S/C23H22FN3O2/c1-29-23(28)22-21(27-12-10-25-11-13-27)14-18(15-26-22)16-6-8-17(9-7-16)19-4-2-3-5-20(19)24/h2-9,14-15,25H,10-13H2,1H3. The fraction of sp³-hybridized carbons (Fsp3) is 0.217. The summed E-state index contributed by atoms with van der Waals surface area (Å²) in [5.41, 5.74) is 4.32. The molecule has 1 aliphatic rings. The van der Waals surface area contributed by atoms with Gasteiger partial charge >= 0.3 is 5.97 Å². The number of halogens is 1. The summed E-state index contributed by atoms with van der Waals surface area (Å²) in [6.45, 7) is 3.28. The Morgan fingerprint density at radius 3 is 2.41 bits per heavy atom. The van der Waals surface area contributed by atoms with Crippen molar-refractivity contribution >= 4 is 11.7 Å². The second kappa shape index (κ2) is 8.41. The molecule has 6 heteroatoms. The van der Waals surface area contributed by atoms with Gasteiger partial charge in [0.25, 0.3) is 0 Å². The minimum absolute atomic E-state index is 0.245. The maximum absolute atomic E-state index is 14.0. The minimum Gasteiger partial charge on any atom is -0.464 e. The van der Waals surface area contributed by atoms with Crippen LogP contribution in [0, 0.1) is 5.82 Å². The van der Waals surface area contributed by atoms with E-state index >= 15 is 0 Å². The van der Waals surface area contributed by atoms with Crippen LogP contribution in [0.1, 0.15) is 10.5 Å². The van der Waals surface area contributed by atoms with E-state index in [1.54, 1.807) is 18.3 Å². The van der Waals surface area contributed by atoms with Crippen LogP contribution in [0.4, 0.5) is 10.1 Å². The third kappa shape index (κ3) is 3.98. The van der Waals surface area contributed by atoms with E-state index in [2.05, 4.69) is 15.2 Å². The predicted octanol–water partition coefficient (Wildman–Crippen LogP) is 3.75. The molecule has 0 amide bonds. The van der Waals surface area contributed by atoms with Crippen molar-refractivity contribution in [1.29, 1.82) is 0 Å². The fourth-order valence-electron chi connectivity index (χ4n) is 3.55. The third-order valence-corrected chi connectivity index (χ3v) is 5.11. The Morgan fingerprint density at radius 1 is 1.03 bits per heavy atom. The van der Waals surface area contributed by atoms with E-state index in [1.807, 2.05) is 36.4 Å². The molecule has 2 aromatic carbocycles. The molecule has 1 aromatic heterocycles. The van der Waals surface area contributed by atoms with E-state index in [0.29, 0.717) is 11.3 Å². The first-order valence-corrected chi connectivity index (χ1v) is 9.57. The topological polar surface area (TPSA) is 54.5 Å². The summed E-state index contributed by atoms with van der Waals surface area (Å²) in [5, 5.41) is 3.31. The summed E-state index contributed by atoms with van der Waals surface area (Å²) in [4.78, 5) is 18.7. The van der Waals surface area contributed by atoms with Crippen LogP contribution in [0.2, 0.25) is 0 Å². The molecule has 0 aliphatic carbocycles. The molecule has 0 saturated carbocycles. The number of pyridine rings is 1. The number of ether oxygens (including phenoxy) is 1. The normalized spacial score (nSPS) is 13.9. The Kier molecular flexibility index (Phi) is 5.53. The van der Waals surface area contributed by atoms with Gasteiger partial charge in [0.1, 0.15) is 5.82 Å². The molecule has 3 aromatic rings. The molecule has 4 rings (SSSR count). The average Bonchev–Trinajstić information content (AvgIpc) is 2.79. The van der Waals surface area contributed by atoms with Crippen molar-refractivity contribution in [2.75, 3.05) is 38.2 Å². The lowest BCUT2D eigenvalue weighted by Crippen LogP contribution is -2.44. The predicted molar refractivity (Wildman–Crippen MR) is 111 cm³/mol. The molecule has 148 valence electrons. The number of methoxy groups -OCH3 is 1. The number of hydrogen-bond donors (Lipinski definition) is 1. The number of esters is 1. The Bertz CT molecular complexity index is 1010. The lowest BCUT2D eigenvalue weighted by Gasteiger charge is -2.30. The zero-order valence-electron chi connectivity index (χ0n) is 16.2. The highest BCUT2D eigenvalue weighted by molar-refractivity contribution is 5.94. The van der Waals surface area contributed by atoms with Crippen LogP contribution < -0.4 is 10.2 Å². The van der Waals surface area contributed by atoms with E-state index in [-0.39, 0.29) is 5.82 Å². The van der Waals surface area contributed by atoms with Gasteiger partial charge in [-0.25, -0.2) is 14.2 Å². The summed E-state index contributed by atoms with van der Waals surface area (Å²) in [5.74, 6) is -0.690. The molecule has 0 spiro atoms. The largest absolute Gasteiger partial charge is 0.464 e. The number of piperazine rings is 1. The van der Waals surface area contributed by atoms with Crippen molar-refractivity contribution in [3.05, 3.63) is 72.3 Å². The SMILES string of the molecule is COC(=O)c1ncc(-c2ccc(-c3ccccc3F)cc2)cc1N1CCNCC1. The third-order valence-electron chi connectivity index (χ3n) is 5.11. The zero-order chi connectivity index (χ0) is 20.2. The first-order chi connectivity index (χ1) is 14.2. The lowest BCUT2D eigenvalue weighted by atomic mass is 10.00. The molecule has 1 N–H and O–H groups in total. The summed E-state index contributed by atoms with van der Waals surface area (Å²) >= 11 is 0. The van der Waals surface area contributed by atoms with Gasteiger partial charge < -0.3 is 15.0 Å². The molecule has 1 aliphatic heterocycles. The minimum atomic E-state index is -0.444. The molecule has 5 nitrogen and oxygen atoms in total. The quantitative estimate of drug-likeness (QED) is 0.687. The second-order valence-corrected chi connectivity index (χ2v) is 6.88. The van der Waals surface area contributed by atoms with E-state index in [4.69, 9.17) is 4.74 Å². The van der Waals surface area contributed by atoms with Crippen molar-refractivity contribution in [1.82, 2.24) is 10.3 Å². The van der Waals surface area contributed by atoms with Crippen LogP contribution >= 0.6 is 0 Å². The molecule has 29 heavy (non-hydrogen) atoms. The van der Waals surface area contributed by atoms with Gasteiger partial charge in [0.05, 0.1) is 12.8 Å². The Labute approximate surface area is 169 Å². The van der Waals surface area contributed by atoms with Crippen LogP contribution in [-0.4, -0.2) is 44.2 Å². The van der Waals surface area contributed by atoms with Crippen LogP contribution in [0.5, 0.6) is 0 Å². The van der Waals surface area contributed by atoms with Gasteiger partial charge in [0, 0.05) is 43.5 Å². The summed E-state index contributed by atoms with van der Waals surface area (Å²) < 4.78 is 19.0. The molecule has 0 radical (unpaired) electrons. The molecule has 1 saturated heterocycles. The summed E-state index contributed by atoms with van der Waals surface area (Å²) in [6, 6.07) is 16.4. The fourth-order valence-corrected chi connectivity index (χ4v) is 3.55. The highest BCUT2D eigenvalue weighted by atomic mass is 19.1. The van der Waals surface area contributed by atoms with E-state index in [9.17, 15) is 9.18 Å². The Balaban J connectivity index is 1.69. The molecular formula is C23H22FN3O2. The number of nitrogens with one attached hydrogen (secondary N) is 1. The Hall–Kier alpha value is -3.25. The van der Waals surface area contributed by atoms with Crippen LogP contribution in [-0.2, 0) is 4.74 Å². The van der Waals surface area contributed by atoms with E-state index < -0.39 is 5.97 Å². The first-order valence-electron chi connectivity index (χ1n) is 9.57. The number of benzene rings is 2. The molecule has 1 fully saturated rings. The van der Waals surface area contributed by atoms with Gasteiger partial charge in [0.15, 0.2) is 5.69 Å². The number of nitrogens with zero attached hydrogens (tertiary/aromatic N) is 2. The maximum atomic E-state index is 14.0. The number of carbonyl (C=O) groups excluding carboxylic acids is 1. The average molecular weight is 391 g/mol. The second-order valence-electron chi connectivity index (χ2n) is 6.88.